The average Bonchev–Trinajstić information content (AvgIpc) is 2.47. The third-order valence-electron chi connectivity index (χ3n) is 3.14. The molecule has 0 amide bonds. The van der Waals surface area contributed by atoms with Gasteiger partial charge >= 0.3 is 0 Å². The smallest absolute Gasteiger partial charge is 0.127 e. The van der Waals surface area contributed by atoms with Crippen molar-refractivity contribution in [3.8, 4) is 6.07 Å². The van der Waals surface area contributed by atoms with E-state index < -0.39 is 0 Å². The minimum atomic E-state index is -0.306. The monoisotopic (exact) mass is 288 g/mol. The molecule has 2 aromatic rings. The summed E-state index contributed by atoms with van der Waals surface area (Å²) in [6.07, 6.45) is 0. The standard InChI is InChI=1S/C16H14ClFN2/c1-11(13-3-5-15(17)6-4-13)20-10-14-8-12(9-19)2-7-16(14)18/h2-8,11,20H,10H2,1H3/t11-/m1/s1. The van der Waals surface area contributed by atoms with Crippen LogP contribution in [0.15, 0.2) is 42.5 Å². The predicted molar refractivity (Wildman–Crippen MR) is 77.8 cm³/mol. The molecular weight excluding hydrogens is 275 g/mol. The van der Waals surface area contributed by atoms with Crippen LogP contribution >= 0.6 is 11.6 Å². The number of hydrogen-bond acceptors (Lipinski definition) is 2. The van der Waals surface area contributed by atoms with Crippen LogP contribution in [0.2, 0.25) is 5.02 Å². The molecule has 0 bridgehead atoms. The summed E-state index contributed by atoms with van der Waals surface area (Å²) in [6.45, 7) is 2.36. The van der Waals surface area contributed by atoms with Gasteiger partial charge in [0.05, 0.1) is 11.6 Å². The maximum absolute atomic E-state index is 13.6. The molecule has 0 spiro atoms. The maximum Gasteiger partial charge on any atom is 0.127 e. The fraction of sp³-hybridized carbons (Fsp3) is 0.188. The Balaban J connectivity index is 2.05. The number of halogens is 2. The summed E-state index contributed by atoms with van der Waals surface area (Å²) in [5.74, 6) is -0.306. The van der Waals surface area contributed by atoms with E-state index in [1.807, 2.05) is 37.3 Å². The van der Waals surface area contributed by atoms with Crippen LogP contribution in [0.4, 0.5) is 4.39 Å². The number of rotatable bonds is 4. The molecule has 0 unspecified atom stereocenters. The van der Waals surface area contributed by atoms with Crippen molar-refractivity contribution in [3.63, 3.8) is 0 Å². The normalized spacial score (nSPS) is 11.9. The Bertz CT molecular complexity index is 632. The van der Waals surface area contributed by atoms with E-state index in [0.29, 0.717) is 22.7 Å². The Morgan fingerprint density at radius 1 is 1.25 bits per heavy atom. The lowest BCUT2D eigenvalue weighted by Crippen LogP contribution is -2.18. The Morgan fingerprint density at radius 2 is 1.95 bits per heavy atom. The molecule has 102 valence electrons. The molecule has 0 saturated carbocycles. The molecule has 20 heavy (non-hydrogen) atoms. The summed E-state index contributed by atoms with van der Waals surface area (Å²) in [5, 5.41) is 12.8. The molecule has 1 N–H and O–H groups in total. The van der Waals surface area contributed by atoms with Crippen molar-refractivity contribution in [3.05, 3.63) is 70.0 Å². The predicted octanol–water partition coefficient (Wildman–Crippen LogP) is 4.20. The molecule has 0 saturated heterocycles. The minimum absolute atomic E-state index is 0.0670. The Labute approximate surface area is 122 Å². The lowest BCUT2D eigenvalue weighted by atomic mass is 10.1. The zero-order chi connectivity index (χ0) is 14.5. The molecule has 2 aromatic carbocycles. The van der Waals surface area contributed by atoms with Gasteiger partial charge in [0.2, 0.25) is 0 Å². The SMILES string of the molecule is C[C@@H](NCc1cc(C#N)ccc1F)c1ccc(Cl)cc1. The van der Waals surface area contributed by atoms with E-state index in [1.165, 1.54) is 12.1 Å². The van der Waals surface area contributed by atoms with Gasteiger partial charge in [0, 0.05) is 23.2 Å². The first-order chi connectivity index (χ1) is 9.60. The molecule has 0 fully saturated rings. The number of nitrogens with zero attached hydrogens (tertiary/aromatic N) is 1. The van der Waals surface area contributed by atoms with Crippen molar-refractivity contribution in [2.75, 3.05) is 0 Å². The van der Waals surface area contributed by atoms with Crippen molar-refractivity contribution in [1.82, 2.24) is 5.32 Å². The van der Waals surface area contributed by atoms with Crippen LogP contribution in [0.25, 0.3) is 0 Å². The van der Waals surface area contributed by atoms with Crippen LogP contribution in [-0.4, -0.2) is 0 Å². The van der Waals surface area contributed by atoms with Crippen LogP contribution in [-0.2, 0) is 6.54 Å². The lowest BCUT2D eigenvalue weighted by molar-refractivity contribution is 0.544. The van der Waals surface area contributed by atoms with Gasteiger partial charge in [0.25, 0.3) is 0 Å². The van der Waals surface area contributed by atoms with Crippen molar-refractivity contribution in [2.45, 2.75) is 19.5 Å². The zero-order valence-corrected chi connectivity index (χ0v) is 11.8. The largest absolute Gasteiger partial charge is 0.306 e. The highest BCUT2D eigenvalue weighted by Gasteiger charge is 2.08. The summed E-state index contributed by atoms with van der Waals surface area (Å²) < 4.78 is 13.6. The summed E-state index contributed by atoms with van der Waals surface area (Å²) in [6, 6.07) is 14.0. The Hall–Kier alpha value is -1.89. The minimum Gasteiger partial charge on any atom is -0.306 e. The van der Waals surface area contributed by atoms with Gasteiger partial charge in [-0.1, -0.05) is 23.7 Å². The van der Waals surface area contributed by atoms with E-state index in [0.717, 1.165) is 5.56 Å². The second-order valence-electron chi connectivity index (χ2n) is 4.57. The molecular formula is C16H14ClFN2. The van der Waals surface area contributed by atoms with Gasteiger partial charge in [-0.05, 0) is 42.8 Å². The summed E-state index contributed by atoms with van der Waals surface area (Å²) >= 11 is 5.84. The van der Waals surface area contributed by atoms with Gasteiger partial charge in [-0.2, -0.15) is 5.26 Å². The third-order valence-corrected chi connectivity index (χ3v) is 3.40. The second-order valence-corrected chi connectivity index (χ2v) is 5.01. The number of nitriles is 1. The molecule has 4 heteroatoms. The quantitative estimate of drug-likeness (QED) is 0.915. The van der Waals surface area contributed by atoms with Gasteiger partial charge < -0.3 is 5.32 Å². The molecule has 0 aliphatic rings. The number of hydrogen-bond donors (Lipinski definition) is 1. The summed E-state index contributed by atoms with van der Waals surface area (Å²) in [4.78, 5) is 0. The molecule has 0 aliphatic carbocycles. The van der Waals surface area contributed by atoms with E-state index in [1.54, 1.807) is 6.07 Å². The highest BCUT2D eigenvalue weighted by atomic mass is 35.5. The number of benzene rings is 2. The van der Waals surface area contributed by atoms with Crippen LogP contribution in [0.5, 0.6) is 0 Å². The van der Waals surface area contributed by atoms with E-state index in [2.05, 4.69) is 5.32 Å². The van der Waals surface area contributed by atoms with Crippen LogP contribution < -0.4 is 5.32 Å². The van der Waals surface area contributed by atoms with Gasteiger partial charge in [0.15, 0.2) is 0 Å². The molecule has 0 aromatic heterocycles. The van der Waals surface area contributed by atoms with E-state index in [4.69, 9.17) is 16.9 Å². The fourth-order valence-electron chi connectivity index (χ4n) is 1.91. The third kappa shape index (κ3) is 3.57. The van der Waals surface area contributed by atoms with E-state index >= 15 is 0 Å². The van der Waals surface area contributed by atoms with Gasteiger partial charge in [-0.15, -0.1) is 0 Å². The average molecular weight is 289 g/mol. The second kappa shape index (κ2) is 6.51. The van der Waals surface area contributed by atoms with Crippen LogP contribution in [0.1, 0.15) is 29.7 Å². The van der Waals surface area contributed by atoms with Crippen molar-refractivity contribution >= 4 is 11.6 Å². The first-order valence-corrected chi connectivity index (χ1v) is 6.65. The number of nitrogens with one attached hydrogen (secondary N) is 1. The molecule has 0 aliphatic heterocycles. The summed E-state index contributed by atoms with van der Waals surface area (Å²) in [5.41, 5.74) is 2.03. The Morgan fingerprint density at radius 3 is 2.60 bits per heavy atom. The van der Waals surface area contributed by atoms with Crippen molar-refractivity contribution in [1.29, 1.82) is 5.26 Å². The molecule has 1 atom stereocenters. The van der Waals surface area contributed by atoms with Gasteiger partial charge in [-0.25, -0.2) is 4.39 Å². The lowest BCUT2D eigenvalue weighted by Gasteiger charge is -2.15. The van der Waals surface area contributed by atoms with Crippen LogP contribution in [0.3, 0.4) is 0 Å². The van der Waals surface area contributed by atoms with Crippen molar-refractivity contribution in [2.24, 2.45) is 0 Å². The molecule has 2 rings (SSSR count). The van der Waals surface area contributed by atoms with Crippen molar-refractivity contribution < 1.29 is 4.39 Å². The molecule has 0 heterocycles. The van der Waals surface area contributed by atoms with Gasteiger partial charge in [-0.3, -0.25) is 0 Å². The summed E-state index contributed by atoms with van der Waals surface area (Å²) in [7, 11) is 0. The maximum atomic E-state index is 13.6. The van der Waals surface area contributed by atoms with Crippen LogP contribution in [0, 0.1) is 17.1 Å². The Kier molecular flexibility index (Phi) is 4.73. The molecule has 0 radical (unpaired) electrons. The zero-order valence-electron chi connectivity index (χ0n) is 11.0. The van der Waals surface area contributed by atoms with E-state index in [-0.39, 0.29) is 11.9 Å². The molecule has 2 nitrogen and oxygen atoms in total. The highest BCUT2D eigenvalue weighted by molar-refractivity contribution is 6.30. The first-order valence-electron chi connectivity index (χ1n) is 6.27. The van der Waals surface area contributed by atoms with E-state index in [9.17, 15) is 4.39 Å². The topological polar surface area (TPSA) is 35.8 Å². The van der Waals surface area contributed by atoms with Gasteiger partial charge in [0.1, 0.15) is 5.82 Å². The highest BCUT2D eigenvalue weighted by Crippen LogP contribution is 2.17. The first kappa shape index (κ1) is 14.5. The fourth-order valence-corrected chi connectivity index (χ4v) is 2.04.